The molecule has 1 N–H and O–H groups in total. The van der Waals surface area contributed by atoms with Crippen LogP contribution < -0.4 is 0 Å². The molecule has 0 radical (unpaired) electrons. The molecular formula is C14H17N3OS. The van der Waals surface area contributed by atoms with Crippen LogP contribution in [0.2, 0.25) is 0 Å². The molecule has 0 bridgehead atoms. The highest BCUT2D eigenvalue weighted by molar-refractivity contribution is 8.00. The zero-order valence-electron chi connectivity index (χ0n) is 11.3. The van der Waals surface area contributed by atoms with Gasteiger partial charge in [0.05, 0.1) is 17.1 Å². The van der Waals surface area contributed by atoms with Gasteiger partial charge >= 0.3 is 0 Å². The molecule has 2 rings (SSSR count). The topological polar surface area (TPSA) is 49.0 Å². The molecule has 1 atom stereocenters. The third kappa shape index (κ3) is 3.38. The smallest absolute Gasteiger partial charge is 0.235 e. The zero-order chi connectivity index (χ0) is 13.8. The first-order valence-corrected chi connectivity index (χ1v) is 6.94. The first-order chi connectivity index (χ1) is 9.08. The van der Waals surface area contributed by atoms with Crippen LogP contribution in [0.25, 0.3) is 11.3 Å². The molecule has 0 aliphatic rings. The molecule has 5 heteroatoms. The number of carbonyl (C=O) groups excluding carboxylic acids is 1. The molecule has 0 spiro atoms. The van der Waals surface area contributed by atoms with Gasteiger partial charge < -0.3 is 9.88 Å². The summed E-state index contributed by atoms with van der Waals surface area (Å²) in [4.78, 5) is 20.9. The average molecular weight is 275 g/mol. The SMILES string of the molecule is C[C@@H](Sc1ncc(-c2ccccc2)[nH]1)C(=O)N(C)C. The van der Waals surface area contributed by atoms with Crippen molar-refractivity contribution in [2.24, 2.45) is 0 Å². The van der Waals surface area contributed by atoms with Crippen molar-refractivity contribution in [3.8, 4) is 11.3 Å². The Kier molecular flexibility index (Phi) is 4.27. The van der Waals surface area contributed by atoms with E-state index in [4.69, 9.17) is 0 Å². The summed E-state index contributed by atoms with van der Waals surface area (Å²) in [5.41, 5.74) is 2.06. The van der Waals surface area contributed by atoms with Crippen molar-refractivity contribution in [2.75, 3.05) is 14.1 Å². The van der Waals surface area contributed by atoms with Crippen molar-refractivity contribution in [1.29, 1.82) is 0 Å². The molecule has 0 saturated heterocycles. The fourth-order valence-corrected chi connectivity index (χ4v) is 2.64. The number of hydrogen-bond donors (Lipinski definition) is 1. The molecule has 1 aromatic carbocycles. The van der Waals surface area contributed by atoms with Gasteiger partial charge in [0.15, 0.2) is 5.16 Å². The number of thioether (sulfide) groups is 1. The van der Waals surface area contributed by atoms with E-state index in [9.17, 15) is 4.79 Å². The normalized spacial score (nSPS) is 12.2. The van der Waals surface area contributed by atoms with E-state index in [1.807, 2.05) is 37.3 Å². The Balaban J connectivity index is 2.08. The summed E-state index contributed by atoms with van der Waals surface area (Å²) in [6.07, 6.45) is 1.80. The first kappa shape index (κ1) is 13.7. The Hall–Kier alpha value is -1.75. The zero-order valence-corrected chi connectivity index (χ0v) is 12.1. The van der Waals surface area contributed by atoms with E-state index in [1.165, 1.54) is 11.8 Å². The van der Waals surface area contributed by atoms with Crippen LogP contribution in [-0.2, 0) is 4.79 Å². The second-order valence-electron chi connectivity index (χ2n) is 4.46. The van der Waals surface area contributed by atoms with Crippen LogP contribution in [0.3, 0.4) is 0 Å². The van der Waals surface area contributed by atoms with Gasteiger partial charge in [-0.2, -0.15) is 0 Å². The molecule has 1 amide bonds. The van der Waals surface area contributed by atoms with Crippen LogP contribution in [0.4, 0.5) is 0 Å². The predicted octanol–water partition coefficient (Wildman–Crippen LogP) is 2.65. The lowest BCUT2D eigenvalue weighted by Gasteiger charge is -2.14. The average Bonchev–Trinajstić information content (AvgIpc) is 2.87. The number of H-pyrrole nitrogens is 1. The molecule has 0 saturated carbocycles. The van der Waals surface area contributed by atoms with Gasteiger partial charge in [-0.3, -0.25) is 4.79 Å². The van der Waals surface area contributed by atoms with Gasteiger partial charge in [0, 0.05) is 14.1 Å². The number of imidazole rings is 1. The van der Waals surface area contributed by atoms with E-state index < -0.39 is 0 Å². The second-order valence-corrected chi connectivity index (χ2v) is 5.79. The van der Waals surface area contributed by atoms with Crippen LogP contribution in [0.1, 0.15) is 6.92 Å². The Morgan fingerprint density at radius 1 is 1.32 bits per heavy atom. The van der Waals surface area contributed by atoms with Gasteiger partial charge in [0.25, 0.3) is 0 Å². The largest absolute Gasteiger partial charge is 0.348 e. The molecule has 19 heavy (non-hydrogen) atoms. The van der Waals surface area contributed by atoms with Crippen LogP contribution in [0.15, 0.2) is 41.7 Å². The second kappa shape index (κ2) is 5.93. The lowest BCUT2D eigenvalue weighted by Crippen LogP contribution is -2.29. The summed E-state index contributed by atoms with van der Waals surface area (Å²) in [6, 6.07) is 10.0. The van der Waals surface area contributed by atoms with Crippen molar-refractivity contribution < 1.29 is 4.79 Å². The number of amides is 1. The molecule has 1 heterocycles. The lowest BCUT2D eigenvalue weighted by atomic mass is 10.2. The first-order valence-electron chi connectivity index (χ1n) is 6.06. The monoisotopic (exact) mass is 275 g/mol. The number of aromatic nitrogens is 2. The van der Waals surface area contributed by atoms with E-state index in [0.717, 1.165) is 16.4 Å². The highest BCUT2D eigenvalue weighted by atomic mass is 32.2. The third-order valence-corrected chi connectivity index (χ3v) is 3.70. The van der Waals surface area contributed by atoms with Gasteiger partial charge in [-0.05, 0) is 12.5 Å². The number of nitrogens with one attached hydrogen (secondary N) is 1. The van der Waals surface area contributed by atoms with E-state index in [0.29, 0.717) is 0 Å². The molecule has 4 nitrogen and oxygen atoms in total. The molecule has 0 aliphatic heterocycles. The summed E-state index contributed by atoms with van der Waals surface area (Å²) in [5, 5.41) is 0.617. The van der Waals surface area contributed by atoms with Crippen LogP contribution in [0.5, 0.6) is 0 Å². The van der Waals surface area contributed by atoms with Crippen molar-refractivity contribution in [1.82, 2.24) is 14.9 Å². The van der Waals surface area contributed by atoms with Gasteiger partial charge in [-0.25, -0.2) is 4.98 Å². The van der Waals surface area contributed by atoms with Crippen LogP contribution in [0, 0.1) is 0 Å². The Morgan fingerprint density at radius 3 is 2.63 bits per heavy atom. The van der Waals surface area contributed by atoms with Crippen molar-refractivity contribution in [3.05, 3.63) is 36.5 Å². The maximum atomic E-state index is 11.8. The van der Waals surface area contributed by atoms with Gasteiger partial charge in [0.1, 0.15) is 0 Å². The van der Waals surface area contributed by atoms with Gasteiger partial charge in [-0.1, -0.05) is 42.1 Å². The molecule has 100 valence electrons. The lowest BCUT2D eigenvalue weighted by molar-refractivity contribution is -0.127. The maximum absolute atomic E-state index is 11.8. The van der Waals surface area contributed by atoms with E-state index in [1.54, 1.807) is 25.2 Å². The highest BCUT2D eigenvalue weighted by Gasteiger charge is 2.17. The van der Waals surface area contributed by atoms with Crippen molar-refractivity contribution in [2.45, 2.75) is 17.3 Å². The Bertz CT molecular complexity index is 551. The molecule has 2 aromatic rings. The number of hydrogen-bond acceptors (Lipinski definition) is 3. The van der Waals surface area contributed by atoms with E-state index >= 15 is 0 Å². The van der Waals surface area contributed by atoms with E-state index in [2.05, 4.69) is 9.97 Å². The summed E-state index contributed by atoms with van der Waals surface area (Å²) in [7, 11) is 3.52. The fraction of sp³-hybridized carbons (Fsp3) is 0.286. The Labute approximate surface area is 117 Å². The summed E-state index contributed by atoms with van der Waals surface area (Å²) in [6.45, 7) is 1.89. The molecule has 1 aromatic heterocycles. The summed E-state index contributed by atoms with van der Waals surface area (Å²) in [5.74, 6) is 0.0858. The fourth-order valence-electron chi connectivity index (χ4n) is 1.71. The third-order valence-electron chi connectivity index (χ3n) is 2.71. The van der Waals surface area contributed by atoms with Crippen LogP contribution in [-0.4, -0.2) is 40.1 Å². The highest BCUT2D eigenvalue weighted by Crippen LogP contribution is 2.24. The number of benzene rings is 1. The summed E-state index contributed by atoms with van der Waals surface area (Å²) < 4.78 is 0. The number of rotatable bonds is 4. The van der Waals surface area contributed by atoms with Crippen LogP contribution >= 0.6 is 11.8 Å². The number of aromatic amines is 1. The van der Waals surface area contributed by atoms with Crippen molar-refractivity contribution in [3.63, 3.8) is 0 Å². The minimum absolute atomic E-state index is 0.0858. The predicted molar refractivity (Wildman–Crippen MR) is 78.0 cm³/mol. The van der Waals surface area contributed by atoms with Gasteiger partial charge in [0.2, 0.25) is 5.91 Å². The molecule has 0 unspecified atom stereocenters. The molecular weight excluding hydrogens is 258 g/mol. The minimum Gasteiger partial charge on any atom is -0.348 e. The molecule has 0 aliphatic carbocycles. The Morgan fingerprint density at radius 2 is 2.00 bits per heavy atom. The maximum Gasteiger partial charge on any atom is 0.235 e. The number of nitrogens with zero attached hydrogens (tertiary/aromatic N) is 2. The quantitative estimate of drug-likeness (QED) is 0.873. The van der Waals surface area contributed by atoms with E-state index in [-0.39, 0.29) is 11.2 Å². The summed E-state index contributed by atoms with van der Waals surface area (Å²) >= 11 is 1.44. The molecule has 0 fully saturated rings. The number of carbonyl (C=O) groups is 1. The van der Waals surface area contributed by atoms with Crippen molar-refractivity contribution >= 4 is 17.7 Å². The minimum atomic E-state index is -0.148. The van der Waals surface area contributed by atoms with Gasteiger partial charge in [-0.15, -0.1) is 0 Å². The standard InChI is InChI=1S/C14H17N3OS/c1-10(13(18)17(2)3)19-14-15-9-12(16-14)11-7-5-4-6-8-11/h4-10H,1-3H3,(H,15,16)/t10-/m1/s1.